The lowest BCUT2D eigenvalue weighted by Gasteiger charge is -2.12. The Hall–Kier alpha value is -2.24. The van der Waals surface area contributed by atoms with Crippen molar-refractivity contribution in [2.24, 2.45) is 0 Å². The van der Waals surface area contributed by atoms with Crippen molar-refractivity contribution in [2.45, 2.75) is 25.7 Å². The molecule has 2 N–H and O–H groups in total. The molecule has 34 heavy (non-hydrogen) atoms. The Bertz CT molecular complexity index is 939. The van der Waals surface area contributed by atoms with Crippen LogP contribution in [0.5, 0.6) is 11.5 Å². The minimum absolute atomic E-state index is 0. The summed E-state index contributed by atoms with van der Waals surface area (Å²) >= 11 is 0. The largest absolute Gasteiger partial charge is 0.493 e. The first-order chi connectivity index (χ1) is 15.8. The third kappa shape index (κ3) is 9.94. The molecule has 4 nitrogen and oxygen atoms in total. The summed E-state index contributed by atoms with van der Waals surface area (Å²) in [4.78, 5) is 0. The summed E-state index contributed by atoms with van der Waals surface area (Å²) in [5.74, 6) is 1.56. The first kappa shape index (κ1) is 29.8. The van der Waals surface area contributed by atoms with Crippen molar-refractivity contribution in [3.05, 3.63) is 95.1 Å². The van der Waals surface area contributed by atoms with Crippen molar-refractivity contribution < 1.29 is 9.47 Å². The fourth-order valence-corrected chi connectivity index (χ4v) is 3.89. The molecule has 0 unspecified atom stereocenters. The van der Waals surface area contributed by atoms with Crippen LogP contribution in [0.25, 0.3) is 0 Å². The molecule has 0 spiro atoms. The van der Waals surface area contributed by atoms with Gasteiger partial charge in [0, 0.05) is 0 Å². The monoisotopic (exact) mass is 504 g/mol. The fraction of sp³-hybridized carbons (Fsp3) is 0.357. The molecule has 0 radical (unpaired) electrons. The van der Waals surface area contributed by atoms with E-state index in [4.69, 9.17) is 9.47 Å². The predicted octanol–water partition coefficient (Wildman–Crippen LogP) is 5.30. The first-order valence-corrected chi connectivity index (χ1v) is 11.5. The maximum absolute atomic E-state index is 5.39. The Morgan fingerprint density at radius 3 is 1.59 bits per heavy atom. The molecule has 186 valence electrons. The topological polar surface area (TPSA) is 42.5 Å². The number of ether oxygens (including phenoxy) is 2. The van der Waals surface area contributed by atoms with Gasteiger partial charge in [0.25, 0.3) is 0 Å². The number of rotatable bonds is 14. The molecule has 6 heteroatoms. The van der Waals surface area contributed by atoms with E-state index in [2.05, 4.69) is 77.4 Å². The molecule has 0 aliphatic rings. The van der Waals surface area contributed by atoms with Crippen molar-refractivity contribution in [1.82, 2.24) is 10.6 Å². The summed E-state index contributed by atoms with van der Waals surface area (Å²) in [5.41, 5.74) is 5.52. The highest BCUT2D eigenvalue weighted by Gasteiger charge is 2.05. The summed E-state index contributed by atoms with van der Waals surface area (Å²) in [7, 11) is 3.34. The van der Waals surface area contributed by atoms with Crippen LogP contribution in [0.4, 0.5) is 0 Å². The number of nitrogens with one attached hydrogen (secondary N) is 2. The molecule has 0 atom stereocenters. The van der Waals surface area contributed by atoms with Gasteiger partial charge in [0.2, 0.25) is 0 Å². The van der Waals surface area contributed by atoms with Gasteiger partial charge in [-0.3, -0.25) is 0 Å². The summed E-state index contributed by atoms with van der Waals surface area (Å²) in [6, 6.07) is 25.6. The van der Waals surface area contributed by atoms with E-state index in [-0.39, 0.29) is 24.8 Å². The molecule has 0 saturated heterocycles. The van der Waals surface area contributed by atoms with Gasteiger partial charge in [-0.1, -0.05) is 60.7 Å². The number of halogens is 2. The second-order valence-corrected chi connectivity index (χ2v) is 7.94. The van der Waals surface area contributed by atoms with Crippen molar-refractivity contribution in [2.75, 3.05) is 40.4 Å². The van der Waals surface area contributed by atoms with Gasteiger partial charge < -0.3 is 20.1 Å². The molecular weight excluding hydrogens is 467 g/mol. The molecule has 0 aliphatic heterocycles. The Kier molecular flexibility index (Phi) is 15.1. The molecule has 0 aliphatic carbocycles. The maximum Gasteiger partial charge on any atom is 0.160 e. The van der Waals surface area contributed by atoms with Crippen LogP contribution in [-0.2, 0) is 25.7 Å². The third-order valence-corrected chi connectivity index (χ3v) is 5.73. The lowest BCUT2D eigenvalue weighted by atomic mass is 10.0. The van der Waals surface area contributed by atoms with Crippen LogP contribution in [0.2, 0.25) is 0 Å². The van der Waals surface area contributed by atoms with Gasteiger partial charge in [0.15, 0.2) is 11.5 Å². The highest BCUT2D eigenvalue weighted by Crippen LogP contribution is 2.27. The molecule has 0 bridgehead atoms. The Labute approximate surface area is 217 Å². The lowest BCUT2D eigenvalue weighted by Crippen LogP contribution is -2.22. The maximum atomic E-state index is 5.39. The van der Waals surface area contributed by atoms with Crippen LogP contribution in [0.1, 0.15) is 22.3 Å². The lowest BCUT2D eigenvalue weighted by molar-refractivity contribution is 0.354. The molecule has 0 fully saturated rings. The Morgan fingerprint density at radius 1 is 0.529 bits per heavy atom. The Balaban J connectivity index is 0.00000289. The van der Waals surface area contributed by atoms with Gasteiger partial charge in [-0.05, 0) is 86.2 Å². The van der Waals surface area contributed by atoms with E-state index in [1.807, 2.05) is 6.07 Å². The average Bonchev–Trinajstić information content (AvgIpc) is 2.85. The summed E-state index contributed by atoms with van der Waals surface area (Å²) in [6.45, 7) is 3.95. The van der Waals surface area contributed by atoms with Crippen LogP contribution >= 0.6 is 24.8 Å². The quantitative estimate of drug-likeness (QED) is 0.292. The summed E-state index contributed by atoms with van der Waals surface area (Å²) in [5, 5.41) is 7.17. The van der Waals surface area contributed by atoms with Crippen molar-refractivity contribution >= 4 is 24.8 Å². The van der Waals surface area contributed by atoms with Crippen LogP contribution in [0.15, 0.2) is 72.8 Å². The third-order valence-electron chi connectivity index (χ3n) is 5.73. The molecular formula is C28H38Cl2N2O2. The van der Waals surface area contributed by atoms with Crippen LogP contribution < -0.4 is 20.1 Å². The molecule has 0 heterocycles. The zero-order valence-corrected chi connectivity index (χ0v) is 21.9. The highest BCUT2D eigenvalue weighted by molar-refractivity contribution is 5.85. The van der Waals surface area contributed by atoms with Crippen LogP contribution in [0, 0.1) is 0 Å². The van der Waals surface area contributed by atoms with E-state index in [1.54, 1.807) is 14.2 Å². The molecule has 0 aromatic heterocycles. The Morgan fingerprint density at radius 2 is 1.03 bits per heavy atom. The van der Waals surface area contributed by atoms with Gasteiger partial charge in [-0.2, -0.15) is 0 Å². The summed E-state index contributed by atoms with van der Waals surface area (Å²) < 4.78 is 10.7. The number of methoxy groups -OCH3 is 2. The standard InChI is InChI=1S/C28H36N2O2.2ClH/c1-31-27-13-12-24(22-28(27)32-2)15-19-30-21-17-26-11-7-6-10-25(26)16-20-29-18-14-23-8-4-3-5-9-23;;/h3-13,22,29-30H,14-21H2,1-2H3;2*1H. The highest BCUT2D eigenvalue weighted by atomic mass is 35.5. The first-order valence-electron chi connectivity index (χ1n) is 11.5. The van der Waals surface area contributed by atoms with Crippen molar-refractivity contribution in [1.29, 1.82) is 0 Å². The van der Waals surface area contributed by atoms with Gasteiger partial charge in [0.05, 0.1) is 14.2 Å². The van der Waals surface area contributed by atoms with E-state index < -0.39 is 0 Å². The van der Waals surface area contributed by atoms with Gasteiger partial charge in [-0.25, -0.2) is 0 Å². The zero-order chi connectivity index (χ0) is 22.4. The van der Waals surface area contributed by atoms with Gasteiger partial charge >= 0.3 is 0 Å². The van der Waals surface area contributed by atoms with Crippen molar-refractivity contribution in [3.63, 3.8) is 0 Å². The molecule has 3 rings (SSSR count). The normalized spacial score (nSPS) is 10.2. The van der Waals surface area contributed by atoms with Crippen LogP contribution in [0.3, 0.4) is 0 Å². The fourth-order valence-electron chi connectivity index (χ4n) is 3.89. The number of hydrogen-bond donors (Lipinski definition) is 2. The molecule has 3 aromatic rings. The van der Waals surface area contributed by atoms with Gasteiger partial charge in [0.1, 0.15) is 0 Å². The average molecular weight is 506 g/mol. The minimum Gasteiger partial charge on any atom is -0.493 e. The smallest absolute Gasteiger partial charge is 0.160 e. The second kappa shape index (κ2) is 17.2. The van der Waals surface area contributed by atoms with Gasteiger partial charge in [-0.15, -0.1) is 24.8 Å². The summed E-state index contributed by atoms with van der Waals surface area (Å²) in [6.07, 6.45) is 4.16. The van der Waals surface area contributed by atoms with E-state index in [0.717, 1.165) is 63.4 Å². The zero-order valence-electron chi connectivity index (χ0n) is 20.2. The SMILES string of the molecule is COc1ccc(CCNCCc2ccccc2CCNCCc2ccccc2)cc1OC.Cl.Cl. The number of hydrogen-bond acceptors (Lipinski definition) is 4. The van der Waals surface area contributed by atoms with E-state index in [1.165, 1.54) is 22.3 Å². The second-order valence-electron chi connectivity index (χ2n) is 7.94. The van der Waals surface area contributed by atoms with Crippen molar-refractivity contribution in [3.8, 4) is 11.5 Å². The van der Waals surface area contributed by atoms with Crippen LogP contribution in [-0.4, -0.2) is 40.4 Å². The minimum atomic E-state index is 0. The predicted molar refractivity (Wildman–Crippen MR) is 147 cm³/mol. The molecule has 3 aromatic carbocycles. The van der Waals surface area contributed by atoms with E-state index in [0.29, 0.717) is 0 Å². The van der Waals surface area contributed by atoms with E-state index >= 15 is 0 Å². The molecule has 0 amide bonds. The van der Waals surface area contributed by atoms with E-state index in [9.17, 15) is 0 Å². The number of benzene rings is 3. The molecule has 0 saturated carbocycles.